The second kappa shape index (κ2) is 7.92. The smallest absolute Gasteiger partial charge is 0.218 e. The summed E-state index contributed by atoms with van der Waals surface area (Å²) in [4.78, 5) is 15.2. The number of nitrogens with zero attached hydrogens (tertiary/aromatic N) is 6. The number of rotatable bonds is 5. The third-order valence-corrected chi connectivity index (χ3v) is 6.86. The molecule has 0 amide bonds. The molecule has 152 valence electrons. The zero-order valence-corrected chi connectivity index (χ0v) is 17.4. The van der Waals surface area contributed by atoms with Crippen molar-refractivity contribution >= 4 is 15.8 Å². The van der Waals surface area contributed by atoms with Gasteiger partial charge in [-0.2, -0.15) is 4.31 Å². The van der Waals surface area contributed by atoms with Crippen molar-refractivity contribution in [3.8, 4) is 5.82 Å². The van der Waals surface area contributed by atoms with Gasteiger partial charge in [-0.25, -0.2) is 23.4 Å². The zero-order chi connectivity index (χ0) is 20.4. The molecule has 1 fully saturated rings. The summed E-state index contributed by atoms with van der Waals surface area (Å²) >= 11 is 0. The highest BCUT2D eigenvalue weighted by Crippen LogP contribution is 2.20. The maximum Gasteiger partial charge on any atom is 0.218 e. The Hall–Kier alpha value is -2.78. The Morgan fingerprint density at radius 3 is 2.31 bits per heavy atom. The molecule has 1 aromatic carbocycles. The molecule has 0 atom stereocenters. The Morgan fingerprint density at radius 1 is 0.966 bits per heavy atom. The molecule has 1 aliphatic rings. The fourth-order valence-corrected chi connectivity index (χ4v) is 4.92. The first-order valence-corrected chi connectivity index (χ1v) is 11.1. The number of aryl methyl sites for hydroxylation is 2. The molecule has 29 heavy (non-hydrogen) atoms. The van der Waals surface area contributed by atoms with E-state index in [1.165, 1.54) is 0 Å². The van der Waals surface area contributed by atoms with E-state index in [0.717, 1.165) is 22.8 Å². The van der Waals surface area contributed by atoms with Crippen LogP contribution in [0.1, 0.15) is 17.0 Å². The number of aromatic nitrogens is 4. The number of hydrogen-bond acceptors (Lipinski definition) is 6. The van der Waals surface area contributed by atoms with Crippen molar-refractivity contribution < 1.29 is 8.42 Å². The van der Waals surface area contributed by atoms with Crippen LogP contribution >= 0.6 is 0 Å². The van der Waals surface area contributed by atoms with Gasteiger partial charge in [0.05, 0.1) is 5.75 Å². The van der Waals surface area contributed by atoms with Crippen molar-refractivity contribution in [1.29, 1.82) is 0 Å². The summed E-state index contributed by atoms with van der Waals surface area (Å²) in [6, 6.07) is 9.55. The standard InChI is InChI=1S/C20H24N6O2S/c1-16-3-5-18(6-4-16)14-29(27,28)26-11-9-24(10-12-26)19-13-20(23-17(2)22-19)25-8-7-21-15-25/h3-8,13,15H,9-12,14H2,1-2H3. The van der Waals surface area contributed by atoms with E-state index in [1.807, 2.05) is 54.9 Å². The largest absolute Gasteiger partial charge is 0.354 e. The van der Waals surface area contributed by atoms with Gasteiger partial charge in [-0.15, -0.1) is 0 Å². The Balaban J connectivity index is 1.45. The maximum atomic E-state index is 12.8. The van der Waals surface area contributed by atoms with Gasteiger partial charge < -0.3 is 4.90 Å². The molecule has 0 N–H and O–H groups in total. The van der Waals surface area contributed by atoms with Crippen molar-refractivity contribution in [1.82, 2.24) is 23.8 Å². The highest BCUT2D eigenvalue weighted by atomic mass is 32.2. The summed E-state index contributed by atoms with van der Waals surface area (Å²) in [5.41, 5.74) is 1.93. The summed E-state index contributed by atoms with van der Waals surface area (Å²) in [6.07, 6.45) is 5.23. The predicted molar refractivity (Wildman–Crippen MR) is 111 cm³/mol. The molecule has 9 heteroatoms. The minimum Gasteiger partial charge on any atom is -0.354 e. The fourth-order valence-electron chi connectivity index (χ4n) is 3.41. The van der Waals surface area contributed by atoms with Gasteiger partial charge in [0, 0.05) is 44.6 Å². The van der Waals surface area contributed by atoms with E-state index in [0.29, 0.717) is 32.0 Å². The Morgan fingerprint density at radius 2 is 1.66 bits per heavy atom. The van der Waals surface area contributed by atoms with Crippen molar-refractivity contribution in [2.24, 2.45) is 0 Å². The van der Waals surface area contributed by atoms with Crippen LogP contribution < -0.4 is 4.90 Å². The van der Waals surface area contributed by atoms with Crippen LogP contribution in [0.3, 0.4) is 0 Å². The number of sulfonamides is 1. The molecule has 1 saturated heterocycles. The lowest BCUT2D eigenvalue weighted by atomic mass is 10.2. The van der Waals surface area contributed by atoms with Crippen LogP contribution in [0, 0.1) is 13.8 Å². The number of imidazole rings is 1. The second-order valence-corrected chi connectivity index (χ2v) is 9.20. The van der Waals surface area contributed by atoms with Crippen molar-refractivity contribution in [2.45, 2.75) is 19.6 Å². The fraction of sp³-hybridized carbons (Fsp3) is 0.350. The van der Waals surface area contributed by atoms with Gasteiger partial charge >= 0.3 is 0 Å². The third kappa shape index (κ3) is 4.46. The summed E-state index contributed by atoms with van der Waals surface area (Å²) in [7, 11) is -3.35. The molecule has 1 aliphatic heterocycles. The van der Waals surface area contributed by atoms with E-state index in [-0.39, 0.29) is 5.75 Å². The van der Waals surface area contributed by atoms with E-state index in [4.69, 9.17) is 0 Å². The minimum absolute atomic E-state index is 0.0324. The molecule has 0 radical (unpaired) electrons. The Bertz CT molecular complexity index is 1070. The molecule has 0 spiro atoms. The van der Waals surface area contributed by atoms with Gasteiger partial charge in [-0.1, -0.05) is 29.8 Å². The SMILES string of the molecule is Cc1ccc(CS(=O)(=O)N2CCN(c3cc(-n4ccnc4)nc(C)n3)CC2)cc1. The van der Waals surface area contributed by atoms with Crippen LogP contribution in [-0.4, -0.2) is 58.4 Å². The molecule has 3 aromatic rings. The molecule has 8 nitrogen and oxygen atoms in total. The molecular weight excluding hydrogens is 388 g/mol. The van der Waals surface area contributed by atoms with Gasteiger partial charge in [-0.3, -0.25) is 4.57 Å². The van der Waals surface area contributed by atoms with Gasteiger partial charge in [-0.05, 0) is 19.4 Å². The number of anilines is 1. The monoisotopic (exact) mass is 412 g/mol. The number of benzene rings is 1. The minimum atomic E-state index is -3.35. The lowest BCUT2D eigenvalue weighted by molar-refractivity contribution is 0.383. The summed E-state index contributed by atoms with van der Waals surface area (Å²) in [5.74, 6) is 2.25. The van der Waals surface area contributed by atoms with E-state index in [2.05, 4.69) is 19.9 Å². The zero-order valence-electron chi connectivity index (χ0n) is 16.6. The first-order valence-electron chi connectivity index (χ1n) is 9.53. The van der Waals surface area contributed by atoms with Gasteiger partial charge in [0.15, 0.2) is 0 Å². The summed E-state index contributed by atoms with van der Waals surface area (Å²) in [5, 5.41) is 0. The van der Waals surface area contributed by atoms with Crippen LogP contribution in [0.5, 0.6) is 0 Å². The highest BCUT2D eigenvalue weighted by molar-refractivity contribution is 7.88. The van der Waals surface area contributed by atoms with Gasteiger partial charge in [0.2, 0.25) is 10.0 Å². The van der Waals surface area contributed by atoms with Crippen molar-refractivity contribution in [3.63, 3.8) is 0 Å². The third-order valence-electron chi connectivity index (χ3n) is 5.01. The van der Waals surface area contributed by atoms with Crippen LogP contribution in [0.25, 0.3) is 5.82 Å². The maximum absolute atomic E-state index is 12.8. The van der Waals surface area contributed by atoms with Gasteiger partial charge in [0.25, 0.3) is 0 Å². The second-order valence-electron chi connectivity index (χ2n) is 7.23. The molecule has 3 heterocycles. The molecule has 2 aromatic heterocycles. The van der Waals surface area contributed by atoms with Crippen molar-refractivity contribution in [2.75, 3.05) is 31.1 Å². The highest BCUT2D eigenvalue weighted by Gasteiger charge is 2.28. The molecule has 0 saturated carbocycles. The Kier molecular flexibility index (Phi) is 5.33. The molecule has 0 unspecified atom stereocenters. The van der Waals surface area contributed by atoms with E-state index >= 15 is 0 Å². The predicted octanol–water partition coefficient (Wildman–Crippen LogP) is 1.93. The van der Waals surface area contributed by atoms with E-state index < -0.39 is 10.0 Å². The summed E-state index contributed by atoms with van der Waals surface area (Å²) < 4.78 is 29.0. The molecule has 0 bridgehead atoms. The van der Waals surface area contributed by atoms with E-state index in [1.54, 1.807) is 16.8 Å². The normalized spacial score (nSPS) is 15.6. The van der Waals surface area contributed by atoms with Crippen LogP contribution in [-0.2, 0) is 15.8 Å². The van der Waals surface area contributed by atoms with Crippen LogP contribution in [0.15, 0.2) is 49.1 Å². The van der Waals surface area contributed by atoms with Crippen molar-refractivity contribution in [3.05, 3.63) is 66.0 Å². The molecule has 0 aliphatic carbocycles. The lowest BCUT2D eigenvalue weighted by Gasteiger charge is -2.34. The van der Waals surface area contributed by atoms with Crippen LogP contribution in [0.2, 0.25) is 0 Å². The molecule has 4 rings (SSSR count). The number of hydrogen-bond donors (Lipinski definition) is 0. The van der Waals surface area contributed by atoms with Crippen LogP contribution in [0.4, 0.5) is 5.82 Å². The average molecular weight is 413 g/mol. The number of piperazine rings is 1. The topological polar surface area (TPSA) is 84.2 Å². The Labute approximate surface area is 170 Å². The average Bonchev–Trinajstić information content (AvgIpc) is 3.24. The lowest BCUT2D eigenvalue weighted by Crippen LogP contribution is -2.49. The summed E-state index contributed by atoms with van der Waals surface area (Å²) in [6.45, 7) is 5.91. The first-order chi connectivity index (χ1) is 13.9. The van der Waals surface area contributed by atoms with Gasteiger partial charge in [0.1, 0.15) is 23.8 Å². The first kappa shape index (κ1) is 19.5. The van der Waals surface area contributed by atoms with E-state index in [9.17, 15) is 8.42 Å². The quantitative estimate of drug-likeness (QED) is 0.637. The molecular formula is C20H24N6O2S.